The van der Waals surface area contributed by atoms with Gasteiger partial charge in [-0.2, -0.15) is 0 Å². The Kier molecular flexibility index (Phi) is 9.32. The summed E-state index contributed by atoms with van der Waals surface area (Å²) in [5.74, 6) is 0.884. The quantitative estimate of drug-likeness (QED) is 0.178. The Hall–Kier alpha value is -4.99. The Labute approximate surface area is 262 Å². The Morgan fingerprint density at radius 2 is 1.78 bits per heavy atom. The van der Waals surface area contributed by atoms with E-state index in [4.69, 9.17) is 14.2 Å². The number of aromatic nitrogens is 1. The Bertz CT molecular complexity index is 1800. The van der Waals surface area contributed by atoms with Crippen LogP contribution in [0.25, 0.3) is 22.0 Å². The normalized spacial score (nSPS) is 15.1. The average Bonchev–Trinajstić information content (AvgIpc) is 3.41. The van der Waals surface area contributed by atoms with Crippen molar-refractivity contribution in [3.05, 3.63) is 76.1 Å². The highest BCUT2D eigenvalue weighted by atomic mass is 16.5. The molecule has 0 saturated carbocycles. The van der Waals surface area contributed by atoms with E-state index >= 15 is 0 Å². The van der Waals surface area contributed by atoms with Crippen LogP contribution in [0.3, 0.4) is 0 Å². The molecule has 3 aromatic carbocycles. The molecule has 0 radical (unpaired) electrons. The third-order valence-corrected chi connectivity index (χ3v) is 8.58. The Morgan fingerprint density at radius 1 is 1.00 bits per heavy atom. The minimum atomic E-state index is -0.698. The van der Waals surface area contributed by atoms with Gasteiger partial charge in [0.1, 0.15) is 6.04 Å². The summed E-state index contributed by atoms with van der Waals surface area (Å²) in [5.41, 5.74) is 4.63. The fourth-order valence-electron chi connectivity index (χ4n) is 6.10. The molecular formula is C35H40N4O6. The zero-order chi connectivity index (χ0) is 32.2. The molecular weight excluding hydrogens is 572 g/mol. The fourth-order valence-corrected chi connectivity index (χ4v) is 6.10. The smallest absolute Gasteiger partial charge is 0.247 e. The zero-order valence-electron chi connectivity index (χ0n) is 26.5. The van der Waals surface area contributed by atoms with Gasteiger partial charge in [0.05, 0.1) is 38.7 Å². The largest absolute Gasteiger partial charge is 0.493 e. The Balaban J connectivity index is 1.62. The first-order valence-corrected chi connectivity index (χ1v) is 15.1. The van der Waals surface area contributed by atoms with E-state index in [1.165, 1.54) is 6.92 Å². The summed E-state index contributed by atoms with van der Waals surface area (Å²) in [7, 11) is 4.67. The first-order chi connectivity index (χ1) is 21.7. The number of carbonyl (C=O) groups excluding carboxylic acids is 2. The molecule has 2 amide bonds. The first kappa shape index (κ1) is 31.4. The lowest BCUT2D eigenvalue weighted by atomic mass is 9.95. The van der Waals surface area contributed by atoms with Gasteiger partial charge in [0, 0.05) is 29.6 Å². The highest BCUT2D eigenvalue weighted by Gasteiger charge is 2.30. The van der Waals surface area contributed by atoms with Crippen LogP contribution in [0.4, 0.5) is 11.4 Å². The molecule has 1 heterocycles. The van der Waals surface area contributed by atoms with E-state index < -0.39 is 12.1 Å². The van der Waals surface area contributed by atoms with Crippen molar-refractivity contribution < 1.29 is 23.8 Å². The van der Waals surface area contributed by atoms with Crippen LogP contribution in [-0.2, 0) is 16.0 Å². The molecule has 1 aromatic heterocycles. The lowest BCUT2D eigenvalue weighted by Crippen LogP contribution is -2.40. The van der Waals surface area contributed by atoms with Gasteiger partial charge < -0.3 is 35.1 Å². The summed E-state index contributed by atoms with van der Waals surface area (Å²) in [4.78, 5) is 43.1. The van der Waals surface area contributed by atoms with Gasteiger partial charge in [0.2, 0.25) is 23.0 Å². The molecule has 5 rings (SSSR count). The minimum Gasteiger partial charge on any atom is -0.493 e. The van der Waals surface area contributed by atoms with Crippen LogP contribution >= 0.6 is 0 Å². The summed E-state index contributed by atoms with van der Waals surface area (Å²) in [6.07, 6.45) is 3.68. The molecule has 3 unspecified atom stereocenters. The Morgan fingerprint density at radius 3 is 2.47 bits per heavy atom. The molecule has 4 aromatic rings. The predicted octanol–water partition coefficient (Wildman–Crippen LogP) is 5.81. The van der Waals surface area contributed by atoms with Crippen molar-refractivity contribution in [1.29, 1.82) is 0 Å². The van der Waals surface area contributed by atoms with Crippen LogP contribution in [0.2, 0.25) is 0 Å². The molecule has 0 saturated heterocycles. The number of hydrogen-bond donors (Lipinski definition) is 4. The molecule has 1 aliphatic rings. The lowest BCUT2D eigenvalue weighted by molar-refractivity contribution is -0.120. The van der Waals surface area contributed by atoms with Crippen molar-refractivity contribution >= 4 is 34.1 Å². The molecule has 0 bridgehead atoms. The maximum Gasteiger partial charge on any atom is 0.247 e. The summed E-state index contributed by atoms with van der Waals surface area (Å²) in [6, 6.07) is 13.5. The maximum atomic E-state index is 13.9. The molecule has 10 heteroatoms. The van der Waals surface area contributed by atoms with Gasteiger partial charge in [0.25, 0.3) is 0 Å². The number of amides is 2. The fraction of sp³-hybridized carbons (Fsp3) is 0.343. The number of methoxy groups -OCH3 is 3. The maximum absolute atomic E-state index is 13.9. The molecule has 3 atom stereocenters. The predicted molar refractivity (Wildman–Crippen MR) is 176 cm³/mol. The highest BCUT2D eigenvalue weighted by molar-refractivity contribution is 6.04. The van der Waals surface area contributed by atoms with Crippen LogP contribution in [0.5, 0.6) is 17.2 Å². The number of fused-ring (bicyclic) bond motifs is 4. The van der Waals surface area contributed by atoms with Crippen molar-refractivity contribution in [2.24, 2.45) is 5.92 Å². The number of nitrogens with one attached hydrogen (secondary N) is 4. The van der Waals surface area contributed by atoms with Gasteiger partial charge in [-0.15, -0.1) is 0 Å². The van der Waals surface area contributed by atoms with Crippen molar-refractivity contribution in [3.8, 4) is 28.4 Å². The number of carbonyl (C=O) groups is 2. The number of hydrogen-bond acceptors (Lipinski definition) is 7. The number of ether oxygens (including phenoxy) is 3. The molecule has 4 N–H and O–H groups in total. The molecule has 10 nitrogen and oxygen atoms in total. The average molecular weight is 613 g/mol. The van der Waals surface area contributed by atoms with E-state index in [2.05, 4.69) is 20.9 Å². The van der Waals surface area contributed by atoms with Crippen LogP contribution in [0.1, 0.15) is 50.8 Å². The summed E-state index contributed by atoms with van der Waals surface area (Å²) < 4.78 is 17.2. The molecule has 0 aliphatic heterocycles. The topological polar surface area (TPSA) is 131 Å². The number of H-pyrrole nitrogens is 1. The van der Waals surface area contributed by atoms with E-state index in [1.54, 1.807) is 33.5 Å². The lowest BCUT2D eigenvalue weighted by Gasteiger charge is -2.24. The zero-order valence-corrected chi connectivity index (χ0v) is 26.5. The molecule has 236 valence electrons. The second-order valence-electron chi connectivity index (χ2n) is 11.3. The van der Waals surface area contributed by atoms with Crippen molar-refractivity contribution in [1.82, 2.24) is 10.3 Å². The van der Waals surface area contributed by atoms with Crippen LogP contribution in [0, 0.1) is 5.92 Å². The molecule has 1 aliphatic carbocycles. The van der Waals surface area contributed by atoms with Gasteiger partial charge >= 0.3 is 0 Å². The van der Waals surface area contributed by atoms with Gasteiger partial charge in [-0.1, -0.05) is 32.4 Å². The second kappa shape index (κ2) is 13.3. The van der Waals surface area contributed by atoms with Crippen LogP contribution < -0.4 is 35.6 Å². The molecule has 0 fully saturated rings. The SMILES string of the molecule is CCC(C)C(Nc1ccc2c(cc1=O)C(NC(C)=O)CCc1cc(OC)c(OC)c(OC)c1-2)C(=O)Nc1cccc2[nH]ccc12. The van der Waals surface area contributed by atoms with Gasteiger partial charge in [-0.3, -0.25) is 14.4 Å². The third kappa shape index (κ3) is 6.18. The highest BCUT2D eigenvalue weighted by Crippen LogP contribution is 2.50. The molecule has 0 spiro atoms. The van der Waals surface area contributed by atoms with Gasteiger partial charge in [-0.25, -0.2) is 0 Å². The van der Waals surface area contributed by atoms with Gasteiger partial charge in [-0.05, 0) is 71.8 Å². The molecule has 45 heavy (non-hydrogen) atoms. The first-order valence-electron chi connectivity index (χ1n) is 15.1. The number of aryl methyl sites for hydroxylation is 1. The number of aromatic amines is 1. The second-order valence-corrected chi connectivity index (χ2v) is 11.3. The summed E-state index contributed by atoms with van der Waals surface area (Å²) in [6.45, 7) is 5.44. The van der Waals surface area contributed by atoms with Crippen molar-refractivity contribution in [2.45, 2.75) is 52.1 Å². The number of anilines is 2. The van der Waals surface area contributed by atoms with E-state index in [0.717, 1.165) is 22.0 Å². The minimum absolute atomic E-state index is 0.0946. The third-order valence-electron chi connectivity index (χ3n) is 8.58. The monoisotopic (exact) mass is 612 g/mol. The number of rotatable bonds is 10. The summed E-state index contributed by atoms with van der Waals surface area (Å²) >= 11 is 0. The van der Waals surface area contributed by atoms with Crippen molar-refractivity contribution in [2.75, 3.05) is 32.0 Å². The summed E-state index contributed by atoms with van der Waals surface area (Å²) in [5, 5.41) is 10.3. The van der Waals surface area contributed by atoms with Crippen molar-refractivity contribution in [3.63, 3.8) is 0 Å². The van der Waals surface area contributed by atoms with E-state index in [-0.39, 0.29) is 28.8 Å². The van der Waals surface area contributed by atoms with E-state index in [0.29, 0.717) is 53.3 Å². The van der Waals surface area contributed by atoms with Crippen LogP contribution in [0.15, 0.2) is 59.5 Å². The van der Waals surface area contributed by atoms with Gasteiger partial charge in [0.15, 0.2) is 11.5 Å². The van der Waals surface area contributed by atoms with E-state index in [1.807, 2.05) is 56.4 Å². The standard InChI is InChI=1S/C35H40N4O6/c1-7-19(2)32(35(42)39-26-10-8-9-25-23(26)15-16-36-25)38-28-14-12-22-24(18-29(28)41)27(37-20(3)40)13-11-21-17-30(43-4)33(44-5)34(45-6)31(21)22/h8-10,12,14-19,27,32,36H,7,11,13H2,1-6H3,(H,37,40)(H,38,41)(H,39,42). The number of benzene rings is 2. The van der Waals surface area contributed by atoms with E-state index in [9.17, 15) is 14.4 Å². The van der Waals surface area contributed by atoms with Crippen LogP contribution in [-0.4, -0.2) is 44.2 Å².